The molecule has 2 aromatic carbocycles. The summed E-state index contributed by atoms with van der Waals surface area (Å²) in [4.78, 5) is 23.4. The number of rotatable bonds is 7. The van der Waals surface area contributed by atoms with Crippen LogP contribution in [0.1, 0.15) is 27.0 Å². The van der Waals surface area contributed by atoms with Gasteiger partial charge >= 0.3 is 0 Å². The van der Waals surface area contributed by atoms with E-state index in [1.807, 2.05) is 12.1 Å². The molecule has 11 heteroatoms. The van der Waals surface area contributed by atoms with E-state index in [2.05, 4.69) is 84.3 Å². The van der Waals surface area contributed by atoms with Crippen LogP contribution < -0.4 is 15.9 Å². The third-order valence-electron chi connectivity index (χ3n) is 7.53. The second-order valence-corrected chi connectivity index (χ2v) is 15.1. The van der Waals surface area contributed by atoms with Crippen molar-refractivity contribution in [3.8, 4) is 0 Å². The van der Waals surface area contributed by atoms with E-state index in [1.165, 1.54) is 23.8 Å². The number of H-pyrrole nitrogens is 1. The van der Waals surface area contributed by atoms with Crippen molar-refractivity contribution in [2.45, 2.75) is 56.8 Å². The van der Waals surface area contributed by atoms with Gasteiger partial charge in [-0.05, 0) is 15.4 Å². The van der Waals surface area contributed by atoms with E-state index in [9.17, 15) is 4.79 Å². The van der Waals surface area contributed by atoms with E-state index in [0.29, 0.717) is 5.65 Å². The van der Waals surface area contributed by atoms with E-state index in [1.54, 1.807) is 10.9 Å². The highest BCUT2D eigenvalue weighted by Crippen LogP contribution is 2.42. The number of imidazole rings is 1. The number of hydrogen-bond donors (Lipinski definition) is 1. The Hall–Kier alpha value is -3.19. The number of ether oxygens (including phenoxy) is 4. The number of aromatic amines is 1. The predicted octanol–water partition coefficient (Wildman–Crippen LogP) is 2.31. The number of methoxy groups -OCH3 is 1. The van der Waals surface area contributed by atoms with E-state index < -0.39 is 39.3 Å². The highest BCUT2D eigenvalue weighted by atomic mass is 28.4. The Bertz CT molecular complexity index is 1450. The summed E-state index contributed by atoms with van der Waals surface area (Å²) in [5.41, 5.74) is 0.311. The van der Waals surface area contributed by atoms with Crippen molar-refractivity contribution in [3.05, 3.63) is 83.7 Å². The highest BCUT2D eigenvalue weighted by molar-refractivity contribution is 6.99. The van der Waals surface area contributed by atoms with Crippen LogP contribution in [0.4, 0.5) is 0 Å². The molecule has 4 heterocycles. The average Bonchev–Trinajstić information content (AvgIpc) is 3.64. The van der Waals surface area contributed by atoms with Gasteiger partial charge in [0.15, 0.2) is 17.4 Å². The third-order valence-corrected chi connectivity index (χ3v) is 12.5. The number of benzene rings is 2. The van der Waals surface area contributed by atoms with E-state index in [0.717, 1.165) is 0 Å². The minimum absolute atomic E-state index is 0.194. The Morgan fingerprint density at radius 1 is 0.949 bits per heavy atom. The lowest BCUT2D eigenvalue weighted by Crippen LogP contribution is -2.67. The lowest BCUT2D eigenvalue weighted by Gasteiger charge is -2.43. The van der Waals surface area contributed by atoms with Gasteiger partial charge in [-0.1, -0.05) is 81.4 Å². The molecule has 10 nitrogen and oxygen atoms in total. The first-order valence-corrected chi connectivity index (χ1v) is 14.9. The smallest absolute Gasteiger partial charge is 0.278 e. The summed E-state index contributed by atoms with van der Waals surface area (Å²) in [7, 11) is -1.28. The first kappa shape index (κ1) is 26.1. The molecule has 2 aromatic heterocycles. The summed E-state index contributed by atoms with van der Waals surface area (Å²) < 4.78 is 33.0. The summed E-state index contributed by atoms with van der Waals surface area (Å²) in [6.45, 7) is 6.13. The van der Waals surface area contributed by atoms with Gasteiger partial charge in [-0.2, -0.15) is 0 Å². The van der Waals surface area contributed by atoms with Crippen molar-refractivity contribution in [1.29, 1.82) is 0 Å². The highest BCUT2D eigenvalue weighted by Gasteiger charge is 2.56. The first-order chi connectivity index (χ1) is 18.8. The van der Waals surface area contributed by atoms with Crippen LogP contribution >= 0.6 is 0 Å². The molecule has 1 N–H and O–H groups in total. The molecule has 2 aliphatic heterocycles. The summed E-state index contributed by atoms with van der Waals surface area (Å²) in [5, 5.41) is 2.16. The summed E-state index contributed by atoms with van der Waals surface area (Å²) in [5.74, 6) is 0. The lowest BCUT2D eigenvalue weighted by molar-refractivity contribution is -0.256. The van der Waals surface area contributed by atoms with Crippen LogP contribution in [-0.2, 0) is 23.4 Å². The van der Waals surface area contributed by atoms with E-state index >= 15 is 0 Å². The van der Waals surface area contributed by atoms with Gasteiger partial charge in [0.25, 0.3) is 20.4 Å². The molecule has 6 rings (SSSR count). The SMILES string of the molecule is COC1O[C@@H]2[C@H](O1)[C@@H](CO[Si](c1ccccc1)(c1ccccc1)C(C)(C)C)O[C@H]2n1cnc2c(=O)[nH]cnc21. The molecule has 0 bridgehead atoms. The first-order valence-electron chi connectivity index (χ1n) is 13.0. The van der Waals surface area contributed by atoms with Crippen LogP contribution in [0.5, 0.6) is 0 Å². The molecule has 204 valence electrons. The molecule has 0 spiro atoms. The molecule has 0 amide bonds. The quantitative estimate of drug-likeness (QED) is 0.351. The van der Waals surface area contributed by atoms with Crippen molar-refractivity contribution >= 4 is 29.9 Å². The van der Waals surface area contributed by atoms with Crippen LogP contribution in [0.3, 0.4) is 0 Å². The minimum atomic E-state index is -2.81. The molecule has 2 fully saturated rings. The second kappa shape index (κ2) is 10.1. The van der Waals surface area contributed by atoms with Gasteiger partial charge in [-0.25, -0.2) is 9.97 Å². The maximum absolute atomic E-state index is 12.3. The Balaban J connectivity index is 1.37. The standard InChI is InChI=1S/C28H32N4O6Si/c1-28(2,3)39(18-11-7-5-8-12-18,19-13-9-6-10-14-19)35-15-20-22-23(38-27(34-4)37-22)26(36-20)32-17-31-21-24(32)29-16-30-25(21)33/h5-14,16-17,20,22-23,26-27H,15H2,1-4H3,(H,29,30,33)/t20-,22-,23-,26-,27?/m1/s1. The minimum Gasteiger partial charge on any atom is -0.405 e. The molecule has 1 unspecified atom stereocenters. The fraction of sp³-hybridized carbons (Fsp3) is 0.393. The monoisotopic (exact) mass is 548 g/mol. The Labute approximate surface area is 227 Å². The van der Waals surface area contributed by atoms with Gasteiger partial charge in [0.1, 0.15) is 18.3 Å². The zero-order chi connectivity index (χ0) is 27.2. The van der Waals surface area contributed by atoms with Crippen molar-refractivity contribution < 1.29 is 23.4 Å². The van der Waals surface area contributed by atoms with Gasteiger partial charge in [0.2, 0.25) is 0 Å². The zero-order valence-corrected chi connectivity index (χ0v) is 23.3. The molecule has 0 aliphatic carbocycles. The molecule has 0 radical (unpaired) electrons. The summed E-state index contributed by atoms with van der Waals surface area (Å²) in [6, 6.07) is 20.9. The molecule has 5 atom stereocenters. The molecular formula is C28H32N4O6Si. The van der Waals surface area contributed by atoms with E-state index in [4.69, 9.17) is 23.4 Å². The topological polar surface area (TPSA) is 110 Å². The van der Waals surface area contributed by atoms with Gasteiger partial charge in [-0.15, -0.1) is 0 Å². The van der Waals surface area contributed by atoms with Crippen molar-refractivity contribution in [2.24, 2.45) is 0 Å². The predicted molar refractivity (Wildman–Crippen MR) is 146 cm³/mol. The fourth-order valence-electron chi connectivity index (χ4n) is 5.79. The van der Waals surface area contributed by atoms with Crippen LogP contribution in [0.25, 0.3) is 11.2 Å². The lowest BCUT2D eigenvalue weighted by atomic mass is 10.1. The summed E-state index contributed by atoms with van der Waals surface area (Å²) >= 11 is 0. The Morgan fingerprint density at radius 2 is 1.59 bits per heavy atom. The average molecular weight is 549 g/mol. The van der Waals surface area contributed by atoms with E-state index in [-0.39, 0.29) is 22.7 Å². The zero-order valence-electron chi connectivity index (χ0n) is 22.3. The molecule has 0 saturated carbocycles. The Morgan fingerprint density at radius 3 is 2.21 bits per heavy atom. The van der Waals surface area contributed by atoms with Gasteiger partial charge in [-0.3, -0.25) is 9.36 Å². The number of fused-ring (bicyclic) bond motifs is 2. The van der Waals surface area contributed by atoms with Crippen LogP contribution in [0.2, 0.25) is 5.04 Å². The van der Waals surface area contributed by atoms with Crippen LogP contribution in [-0.4, -0.2) is 66.3 Å². The van der Waals surface area contributed by atoms with Gasteiger partial charge in [0, 0.05) is 7.11 Å². The number of nitrogens with zero attached hydrogens (tertiary/aromatic N) is 3. The molecule has 2 aliphatic rings. The maximum Gasteiger partial charge on any atom is 0.278 e. The van der Waals surface area contributed by atoms with Crippen molar-refractivity contribution in [2.75, 3.05) is 13.7 Å². The molecular weight excluding hydrogens is 516 g/mol. The van der Waals surface area contributed by atoms with Gasteiger partial charge < -0.3 is 28.4 Å². The number of hydrogen-bond acceptors (Lipinski definition) is 8. The third kappa shape index (κ3) is 4.35. The largest absolute Gasteiger partial charge is 0.405 e. The fourth-order valence-corrected chi connectivity index (χ4v) is 10.4. The molecule has 39 heavy (non-hydrogen) atoms. The Kier molecular flexibility index (Phi) is 6.74. The van der Waals surface area contributed by atoms with Crippen LogP contribution in [0.15, 0.2) is 78.1 Å². The van der Waals surface area contributed by atoms with Gasteiger partial charge in [0.05, 0.1) is 19.3 Å². The number of aromatic nitrogens is 4. The van der Waals surface area contributed by atoms with Crippen LogP contribution in [0, 0.1) is 0 Å². The maximum atomic E-state index is 12.3. The normalized spacial score (nSPS) is 25.3. The number of nitrogens with one attached hydrogen (secondary N) is 1. The summed E-state index contributed by atoms with van der Waals surface area (Å²) in [6.07, 6.45) is 0.814. The molecule has 4 aromatic rings. The molecule has 2 saturated heterocycles. The second-order valence-electron chi connectivity index (χ2n) is 10.8. The van der Waals surface area contributed by atoms with Crippen molar-refractivity contribution in [1.82, 2.24) is 19.5 Å². The van der Waals surface area contributed by atoms with Crippen molar-refractivity contribution in [3.63, 3.8) is 0 Å².